The topological polar surface area (TPSA) is 90.7 Å². The van der Waals surface area contributed by atoms with Gasteiger partial charge in [-0.15, -0.1) is 0 Å². The van der Waals surface area contributed by atoms with Crippen LogP contribution < -0.4 is 11.5 Å². The number of nitrogens with zero attached hydrogens (tertiary/aromatic N) is 1. The van der Waals surface area contributed by atoms with E-state index in [9.17, 15) is 4.79 Å². The average molecular weight is 347 g/mol. The second-order valence-electron chi connectivity index (χ2n) is 5.94. The highest BCUT2D eigenvalue weighted by Crippen LogP contribution is 2.39. The Balaban J connectivity index is 1.80. The molecule has 1 amide bonds. The Morgan fingerprint density at radius 2 is 1.62 bits per heavy atom. The number of aliphatic imine (C=N–C) groups is 1. The fraction of sp³-hybridized carbons (Fsp3) is 0.143. The van der Waals surface area contributed by atoms with Crippen molar-refractivity contribution in [3.63, 3.8) is 0 Å². The van der Waals surface area contributed by atoms with Crippen LogP contribution in [0.5, 0.6) is 0 Å². The zero-order valence-corrected chi connectivity index (χ0v) is 14.2. The summed E-state index contributed by atoms with van der Waals surface area (Å²) in [7, 11) is 0. The van der Waals surface area contributed by atoms with Crippen LogP contribution in [0.2, 0.25) is 0 Å². The number of carbonyl (C=O) groups excluding carboxylic acids is 1. The number of carbonyl (C=O) groups is 1. The summed E-state index contributed by atoms with van der Waals surface area (Å²) in [4.78, 5) is 15.6. The molecule has 3 atom stereocenters. The molecule has 0 fully saturated rings. The van der Waals surface area contributed by atoms with Crippen molar-refractivity contribution < 1.29 is 9.53 Å². The molecule has 4 N–H and O–H groups in total. The molecule has 0 saturated carbocycles. The number of primary amides is 1. The lowest BCUT2D eigenvalue weighted by atomic mass is 9.97. The molecule has 26 heavy (non-hydrogen) atoms. The van der Waals surface area contributed by atoms with Gasteiger partial charge >= 0.3 is 0 Å². The van der Waals surface area contributed by atoms with Gasteiger partial charge in [0.1, 0.15) is 12.1 Å². The van der Waals surface area contributed by atoms with Crippen molar-refractivity contribution in [2.45, 2.75) is 18.2 Å². The largest absolute Gasteiger partial charge is 0.467 e. The molecule has 2 unspecified atom stereocenters. The van der Waals surface area contributed by atoms with E-state index in [1.807, 2.05) is 60.7 Å². The van der Waals surface area contributed by atoms with Crippen molar-refractivity contribution in [1.29, 1.82) is 0 Å². The Bertz CT molecular complexity index is 829. The first-order valence-corrected chi connectivity index (χ1v) is 8.39. The van der Waals surface area contributed by atoms with Gasteiger partial charge in [0.2, 0.25) is 11.8 Å². The number of hydrogen-bond donors (Lipinski definition) is 2. The highest BCUT2D eigenvalue weighted by atomic mass is 16.5. The maximum absolute atomic E-state index is 10.9. The molecule has 1 heterocycles. The summed E-state index contributed by atoms with van der Waals surface area (Å²) in [6, 6.07) is 19.2. The van der Waals surface area contributed by atoms with E-state index >= 15 is 0 Å². The summed E-state index contributed by atoms with van der Waals surface area (Å²) in [6.07, 6.45) is 6.49. The Hall–Kier alpha value is -3.18. The van der Waals surface area contributed by atoms with E-state index in [-0.39, 0.29) is 12.1 Å². The second-order valence-corrected chi connectivity index (χ2v) is 5.94. The van der Waals surface area contributed by atoms with Crippen LogP contribution in [0.3, 0.4) is 0 Å². The molecule has 132 valence electrons. The van der Waals surface area contributed by atoms with Gasteiger partial charge in [-0.25, -0.2) is 4.99 Å². The molecule has 0 aromatic heterocycles. The maximum atomic E-state index is 10.9. The molecule has 2 aromatic carbocycles. The first-order valence-electron chi connectivity index (χ1n) is 8.39. The predicted molar refractivity (Wildman–Crippen MR) is 102 cm³/mol. The summed E-state index contributed by atoms with van der Waals surface area (Å²) in [5.41, 5.74) is 12.8. The standard InChI is InChI=1S/C21H21N3O2/c22-17(21(23)25)13-7-8-14-18-24-19(15-9-3-1-4-10-15)20(26-18)16-11-5-2-6-12-16/h1-14,17,19-20H,22H2,(H2,23,25)/b13-7-,14-8+/t17?,19?,20-/m1/s1. The van der Waals surface area contributed by atoms with Gasteiger partial charge in [-0.3, -0.25) is 4.79 Å². The molecule has 5 nitrogen and oxygen atoms in total. The van der Waals surface area contributed by atoms with Gasteiger partial charge in [0, 0.05) is 0 Å². The van der Waals surface area contributed by atoms with Crippen molar-refractivity contribution in [2.75, 3.05) is 0 Å². The van der Waals surface area contributed by atoms with E-state index in [1.165, 1.54) is 6.08 Å². The van der Waals surface area contributed by atoms with Crippen molar-refractivity contribution in [2.24, 2.45) is 16.5 Å². The molecule has 0 bridgehead atoms. The van der Waals surface area contributed by atoms with E-state index in [0.29, 0.717) is 5.90 Å². The third-order valence-corrected chi connectivity index (χ3v) is 4.07. The van der Waals surface area contributed by atoms with Crippen molar-refractivity contribution in [1.82, 2.24) is 0 Å². The third-order valence-electron chi connectivity index (χ3n) is 4.07. The first kappa shape index (κ1) is 17.6. The molecule has 0 saturated heterocycles. The average Bonchev–Trinajstić information content (AvgIpc) is 3.10. The van der Waals surface area contributed by atoms with Crippen LogP contribution in [0.1, 0.15) is 23.3 Å². The predicted octanol–water partition coefficient (Wildman–Crippen LogP) is 2.82. The van der Waals surface area contributed by atoms with Gasteiger partial charge in [0.15, 0.2) is 6.10 Å². The highest BCUT2D eigenvalue weighted by Gasteiger charge is 2.32. The van der Waals surface area contributed by atoms with E-state index < -0.39 is 11.9 Å². The number of nitrogens with two attached hydrogens (primary N) is 2. The molecule has 1 aliphatic heterocycles. The molecule has 1 aliphatic rings. The molecular weight excluding hydrogens is 326 g/mol. The van der Waals surface area contributed by atoms with Gasteiger partial charge in [-0.05, 0) is 17.2 Å². The molecule has 5 heteroatoms. The molecule has 0 spiro atoms. The van der Waals surface area contributed by atoms with Gasteiger partial charge in [-0.1, -0.05) is 78.9 Å². The normalized spacial score (nSPS) is 20.9. The fourth-order valence-corrected chi connectivity index (χ4v) is 2.72. The fourth-order valence-electron chi connectivity index (χ4n) is 2.72. The summed E-state index contributed by atoms with van der Waals surface area (Å²) in [5.74, 6) is -0.0395. The smallest absolute Gasteiger partial charge is 0.238 e. The van der Waals surface area contributed by atoms with Crippen LogP contribution in [0.25, 0.3) is 0 Å². The Morgan fingerprint density at radius 1 is 1.00 bits per heavy atom. The quantitative estimate of drug-likeness (QED) is 0.787. The molecule has 2 aromatic rings. The van der Waals surface area contributed by atoms with Crippen molar-refractivity contribution >= 4 is 11.8 Å². The van der Waals surface area contributed by atoms with Gasteiger partial charge in [0.25, 0.3) is 0 Å². The summed E-state index contributed by atoms with van der Waals surface area (Å²) < 4.78 is 6.08. The Labute approximate surface area is 152 Å². The lowest BCUT2D eigenvalue weighted by molar-refractivity contribution is -0.118. The lowest BCUT2D eigenvalue weighted by Crippen LogP contribution is -2.34. The minimum atomic E-state index is -0.805. The van der Waals surface area contributed by atoms with E-state index in [0.717, 1.165) is 11.1 Å². The van der Waals surface area contributed by atoms with Crippen molar-refractivity contribution in [3.05, 3.63) is 96.1 Å². The number of rotatable bonds is 6. The summed E-state index contributed by atoms with van der Waals surface area (Å²) in [5, 5.41) is 0. The van der Waals surface area contributed by atoms with Crippen molar-refractivity contribution in [3.8, 4) is 0 Å². The number of hydrogen-bond acceptors (Lipinski definition) is 4. The molecule has 3 rings (SSSR count). The number of ether oxygens (including phenoxy) is 1. The van der Waals surface area contributed by atoms with Gasteiger partial charge in [0.05, 0.1) is 0 Å². The minimum absolute atomic E-state index is 0.116. The summed E-state index contributed by atoms with van der Waals surface area (Å²) in [6.45, 7) is 0. The highest BCUT2D eigenvalue weighted by molar-refractivity contribution is 5.89. The summed E-state index contributed by atoms with van der Waals surface area (Å²) >= 11 is 0. The van der Waals surface area contributed by atoms with Crippen LogP contribution in [0, 0.1) is 0 Å². The maximum Gasteiger partial charge on any atom is 0.238 e. The van der Waals surface area contributed by atoms with E-state index in [4.69, 9.17) is 21.2 Å². The van der Waals surface area contributed by atoms with Crippen LogP contribution in [-0.4, -0.2) is 17.8 Å². The first-order chi connectivity index (χ1) is 12.6. The van der Waals surface area contributed by atoms with Gasteiger partial charge < -0.3 is 16.2 Å². The number of benzene rings is 2. The number of amides is 1. The zero-order valence-electron chi connectivity index (χ0n) is 14.2. The van der Waals surface area contributed by atoms with Crippen LogP contribution in [0.15, 0.2) is 90.0 Å². The Kier molecular flexibility index (Phi) is 5.61. The second kappa shape index (κ2) is 8.27. The van der Waals surface area contributed by atoms with Crippen LogP contribution in [0.4, 0.5) is 0 Å². The zero-order chi connectivity index (χ0) is 18.4. The monoisotopic (exact) mass is 347 g/mol. The minimum Gasteiger partial charge on any atom is -0.467 e. The Morgan fingerprint density at radius 3 is 2.23 bits per heavy atom. The van der Waals surface area contributed by atoms with E-state index in [1.54, 1.807) is 18.2 Å². The molecule has 0 aliphatic carbocycles. The van der Waals surface area contributed by atoms with E-state index in [2.05, 4.69) is 0 Å². The lowest BCUT2D eigenvalue weighted by Gasteiger charge is -2.18. The van der Waals surface area contributed by atoms with Crippen LogP contribution >= 0.6 is 0 Å². The van der Waals surface area contributed by atoms with Gasteiger partial charge in [-0.2, -0.15) is 0 Å². The SMILES string of the molecule is NC(=O)C(N)/C=C\C=C\C1=NC(c2ccccc2)[C@@H](c2ccccc2)O1. The third kappa shape index (κ3) is 4.26. The molecule has 0 radical (unpaired) electrons. The van der Waals surface area contributed by atoms with Crippen LogP contribution in [-0.2, 0) is 9.53 Å². The number of allylic oxidation sites excluding steroid dienone is 2. The molecular formula is C21H21N3O2.